The molecule has 1 nitrogen and oxygen atoms in total. The average Bonchev–Trinajstić information content (AvgIpc) is 2.39. The smallest absolute Gasteiger partial charge is 0.131 e. The highest BCUT2D eigenvalue weighted by Crippen LogP contribution is 2.20. The van der Waals surface area contributed by atoms with E-state index < -0.39 is 0 Å². The molecular formula is C16H12FN. The highest BCUT2D eigenvalue weighted by atomic mass is 19.1. The Kier molecular flexibility index (Phi) is 3.54. The number of hydrogen-bond acceptors (Lipinski definition) is 1. The Morgan fingerprint density at radius 1 is 1.11 bits per heavy atom. The number of hydrogen-bond donors (Lipinski definition) is 0. The van der Waals surface area contributed by atoms with Crippen LogP contribution < -0.4 is 0 Å². The number of rotatable bonds is 2. The lowest BCUT2D eigenvalue weighted by Gasteiger charge is -2.01. The largest absolute Gasteiger partial charge is 0.206 e. The van der Waals surface area contributed by atoms with Crippen molar-refractivity contribution >= 4 is 11.6 Å². The number of benzene rings is 2. The second-order valence-corrected chi connectivity index (χ2v) is 4.06. The van der Waals surface area contributed by atoms with Gasteiger partial charge in [0, 0.05) is 5.56 Å². The summed E-state index contributed by atoms with van der Waals surface area (Å²) in [5.74, 6) is -0.377. The molecule has 0 saturated heterocycles. The molecule has 2 heteroatoms. The van der Waals surface area contributed by atoms with Gasteiger partial charge in [0.15, 0.2) is 0 Å². The van der Waals surface area contributed by atoms with Crippen molar-refractivity contribution in [2.45, 2.75) is 6.92 Å². The van der Waals surface area contributed by atoms with Crippen LogP contribution in [0.15, 0.2) is 48.5 Å². The molecule has 0 aliphatic rings. The fourth-order valence-corrected chi connectivity index (χ4v) is 1.68. The minimum Gasteiger partial charge on any atom is -0.206 e. The molecular weight excluding hydrogens is 225 g/mol. The molecule has 2 rings (SSSR count). The molecule has 0 spiro atoms. The normalized spacial score (nSPS) is 11.1. The standard InChI is InChI=1S/C16H12FN/c1-12-6-8-13(9-7-12)10-14(11-18)15-4-2-3-5-16(15)17/h2-10H,1H3/b14-10-. The monoisotopic (exact) mass is 237 g/mol. The zero-order chi connectivity index (χ0) is 13.0. The fourth-order valence-electron chi connectivity index (χ4n) is 1.68. The van der Waals surface area contributed by atoms with E-state index in [2.05, 4.69) is 0 Å². The van der Waals surface area contributed by atoms with Crippen LogP contribution in [0.3, 0.4) is 0 Å². The van der Waals surface area contributed by atoms with E-state index in [-0.39, 0.29) is 5.82 Å². The average molecular weight is 237 g/mol. The van der Waals surface area contributed by atoms with E-state index in [0.717, 1.165) is 11.1 Å². The van der Waals surface area contributed by atoms with E-state index in [1.165, 1.54) is 6.07 Å². The molecule has 0 aromatic heterocycles. The third-order valence-corrected chi connectivity index (χ3v) is 2.67. The summed E-state index contributed by atoms with van der Waals surface area (Å²) in [6.07, 6.45) is 1.69. The van der Waals surface area contributed by atoms with Crippen LogP contribution in [0, 0.1) is 24.1 Å². The third kappa shape index (κ3) is 2.64. The number of halogens is 1. The lowest BCUT2D eigenvalue weighted by atomic mass is 10.0. The maximum absolute atomic E-state index is 13.6. The number of nitriles is 1. The summed E-state index contributed by atoms with van der Waals surface area (Å²) in [4.78, 5) is 0. The Bertz CT molecular complexity index is 618. The highest BCUT2D eigenvalue weighted by molar-refractivity contribution is 5.89. The summed E-state index contributed by atoms with van der Waals surface area (Å²) in [6, 6.07) is 16.1. The van der Waals surface area contributed by atoms with Gasteiger partial charge in [0.2, 0.25) is 0 Å². The number of nitrogens with zero attached hydrogens (tertiary/aromatic N) is 1. The lowest BCUT2D eigenvalue weighted by molar-refractivity contribution is 0.624. The van der Waals surface area contributed by atoms with Crippen molar-refractivity contribution in [2.24, 2.45) is 0 Å². The molecule has 0 atom stereocenters. The van der Waals surface area contributed by atoms with Gasteiger partial charge < -0.3 is 0 Å². The van der Waals surface area contributed by atoms with Crippen LogP contribution >= 0.6 is 0 Å². The first-order valence-corrected chi connectivity index (χ1v) is 5.64. The van der Waals surface area contributed by atoms with E-state index >= 15 is 0 Å². The topological polar surface area (TPSA) is 23.8 Å². The van der Waals surface area contributed by atoms with Gasteiger partial charge in [-0.1, -0.05) is 48.0 Å². The molecule has 0 aliphatic heterocycles. The maximum Gasteiger partial charge on any atom is 0.131 e. The third-order valence-electron chi connectivity index (χ3n) is 2.67. The van der Waals surface area contributed by atoms with Crippen LogP contribution in [0.4, 0.5) is 4.39 Å². The van der Waals surface area contributed by atoms with E-state index in [1.807, 2.05) is 37.3 Å². The number of aryl methyl sites for hydroxylation is 1. The molecule has 18 heavy (non-hydrogen) atoms. The Labute approximate surface area is 106 Å². The molecule has 0 bridgehead atoms. The van der Waals surface area contributed by atoms with E-state index in [9.17, 15) is 4.39 Å². The molecule has 0 saturated carbocycles. The van der Waals surface area contributed by atoms with Crippen molar-refractivity contribution in [1.82, 2.24) is 0 Å². The molecule has 0 fully saturated rings. The second kappa shape index (κ2) is 5.29. The van der Waals surface area contributed by atoms with Crippen molar-refractivity contribution in [1.29, 1.82) is 5.26 Å². The Morgan fingerprint density at radius 3 is 2.39 bits per heavy atom. The molecule has 0 radical (unpaired) electrons. The molecule has 0 amide bonds. The van der Waals surface area contributed by atoms with Crippen LogP contribution in [0.5, 0.6) is 0 Å². The van der Waals surface area contributed by atoms with Crippen LogP contribution in [-0.2, 0) is 0 Å². The van der Waals surface area contributed by atoms with Gasteiger partial charge in [0.25, 0.3) is 0 Å². The van der Waals surface area contributed by atoms with E-state index in [4.69, 9.17) is 5.26 Å². The lowest BCUT2D eigenvalue weighted by Crippen LogP contribution is -1.87. The van der Waals surface area contributed by atoms with Crippen LogP contribution in [-0.4, -0.2) is 0 Å². The summed E-state index contributed by atoms with van der Waals surface area (Å²) in [5, 5.41) is 9.13. The minimum atomic E-state index is -0.377. The van der Waals surface area contributed by atoms with Gasteiger partial charge in [-0.25, -0.2) is 4.39 Å². The first-order chi connectivity index (χ1) is 8.70. The van der Waals surface area contributed by atoms with Crippen molar-refractivity contribution in [2.75, 3.05) is 0 Å². The Morgan fingerprint density at radius 2 is 1.78 bits per heavy atom. The van der Waals surface area contributed by atoms with Crippen LogP contribution in [0.2, 0.25) is 0 Å². The van der Waals surface area contributed by atoms with Crippen molar-refractivity contribution < 1.29 is 4.39 Å². The Hall–Kier alpha value is -2.40. The van der Waals surface area contributed by atoms with Crippen LogP contribution in [0.25, 0.3) is 11.6 Å². The van der Waals surface area contributed by atoms with Crippen molar-refractivity contribution in [3.8, 4) is 6.07 Å². The summed E-state index contributed by atoms with van der Waals surface area (Å²) in [5.41, 5.74) is 2.70. The predicted molar refractivity (Wildman–Crippen MR) is 71.1 cm³/mol. The molecule has 0 N–H and O–H groups in total. The van der Waals surface area contributed by atoms with Gasteiger partial charge in [-0.3, -0.25) is 0 Å². The summed E-state index contributed by atoms with van der Waals surface area (Å²) >= 11 is 0. The second-order valence-electron chi connectivity index (χ2n) is 4.06. The SMILES string of the molecule is Cc1ccc(/C=C(/C#N)c2ccccc2F)cc1. The summed E-state index contributed by atoms with van der Waals surface area (Å²) in [6.45, 7) is 2.00. The molecule has 0 aliphatic carbocycles. The number of allylic oxidation sites excluding steroid dienone is 1. The van der Waals surface area contributed by atoms with Gasteiger partial charge >= 0.3 is 0 Å². The first kappa shape index (κ1) is 12.1. The van der Waals surface area contributed by atoms with Gasteiger partial charge in [-0.15, -0.1) is 0 Å². The van der Waals surface area contributed by atoms with Crippen LogP contribution in [0.1, 0.15) is 16.7 Å². The van der Waals surface area contributed by atoms with E-state index in [0.29, 0.717) is 11.1 Å². The summed E-state index contributed by atoms with van der Waals surface area (Å²) < 4.78 is 13.6. The van der Waals surface area contributed by atoms with Crippen molar-refractivity contribution in [3.63, 3.8) is 0 Å². The molecule has 0 heterocycles. The Balaban J connectivity index is 2.44. The minimum absolute atomic E-state index is 0.331. The zero-order valence-electron chi connectivity index (χ0n) is 10.0. The summed E-state index contributed by atoms with van der Waals surface area (Å²) in [7, 11) is 0. The molecule has 2 aromatic carbocycles. The van der Waals surface area contributed by atoms with Crippen molar-refractivity contribution in [3.05, 3.63) is 71.0 Å². The highest BCUT2D eigenvalue weighted by Gasteiger charge is 2.06. The van der Waals surface area contributed by atoms with Gasteiger partial charge in [0.1, 0.15) is 5.82 Å². The quantitative estimate of drug-likeness (QED) is 0.567. The molecule has 0 unspecified atom stereocenters. The van der Waals surface area contributed by atoms with Gasteiger partial charge in [-0.05, 0) is 24.6 Å². The maximum atomic E-state index is 13.6. The van der Waals surface area contributed by atoms with E-state index in [1.54, 1.807) is 24.3 Å². The zero-order valence-corrected chi connectivity index (χ0v) is 10.0. The molecule has 88 valence electrons. The fraction of sp³-hybridized carbons (Fsp3) is 0.0625. The first-order valence-electron chi connectivity index (χ1n) is 5.64. The van der Waals surface area contributed by atoms with Gasteiger partial charge in [0.05, 0.1) is 11.6 Å². The van der Waals surface area contributed by atoms with Gasteiger partial charge in [-0.2, -0.15) is 5.26 Å². The predicted octanol–water partition coefficient (Wildman–Crippen LogP) is 4.20. The molecule has 2 aromatic rings.